The molecular formula is C7H16ClO2Si. The lowest BCUT2D eigenvalue weighted by molar-refractivity contribution is 0.201. The minimum absolute atomic E-state index is 0.519. The summed E-state index contributed by atoms with van der Waals surface area (Å²) in [6.07, 6.45) is 2.06. The van der Waals surface area contributed by atoms with E-state index in [2.05, 4.69) is 13.8 Å². The lowest BCUT2D eigenvalue weighted by Gasteiger charge is -2.10. The summed E-state index contributed by atoms with van der Waals surface area (Å²) in [6.45, 7) is 5.69. The lowest BCUT2D eigenvalue weighted by Crippen LogP contribution is -2.26. The Bertz CT molecular complexity index is 74.8. The van der Waals surface area contributed by atoms with Crippen LogP contribution < -0.4 is 0 Å². The molecule has 0 aromatic heterocycles. The lowest BCUT2D eigenvalue weighted by atomic mass is 10.5. The van der Waals surface area contributed by atoms with Gasteiger partial charge in [-0.2, -0.15) is 0 Å². The standard InChI is InChI=1S/C7H16ClO2Si/c1-3-5-9-11(7-8)10-6-4-2/h3-7H2,1-2H3. The Labute approximate surface area is 75.7 Å². The fraction of sp³-hybridized carbons (Fsp3) is 1.00. The first kappa shape index (κ1) is 11.4. The Morgan fingerprint density at radius 2 is 1.55 bits per heavy atom. The number of hydrogen-bond acceptors (Lipinski definition) is 2. The van der Waals surface area contributed by atoms with Gasteiger partial charge in [0.2, 0.25) is 0 Å². The van der Waals surface area contributed by atoms with Gasteiger partial charge in [-0.05, 0) is 12.8 Å². The Hall–Kier alpha value is 0.427. The van der Waals surface area contributed by atoms with Gasteiger partial charge in [0, 0.05) is 13.2 Å². The van der Waals surface area contributed by atoms with E-state index < -0.39 is 9.28 Å². The van der Waals surface area contributed by atoms with Crippen molar-refractivity contribution in [3.8, 4) is 0 Å². The third-order valence-corrected chi connectivity index (χ3v) is 2.97. The van der Waals surface area contributed by atoms with E-state index in [0.29, 0.717) is 5.50 Å². The van der Waals surface area contributed by atoms with Crippen molar-refractivity contribution in [3.05, 3.63) is 0 Å². The first-order valence-electron chi connectivity index (χ1n) is 4.02. The van der Waals surface area contributed by atoms with Crippen molar-refractivity contribution in [2.75, 3.05) is 18.7 Å². The van der Waals surface area contributed by atoms with Gasteiger partial charge < -0.3 is 8.85 Å². The normalized spacial score (nSPS) is 10.9. The third-order valence-electron chi connectivity index (χ3n) is 1.04. The van der Waals surface area contributed by atoms with E-state index in [1.807, 2.05) is 0 Å². The Kier molecular flexibility index (Phi) is 8.85. The van der Waals surface area contributed by atoms with Crippen molar-refractivity contribution in [3.63, 3.8) is 0 Å². The topological polar surface area (TPSA) is 18.5 Å². The predicted octanol–water partition coefficient (Wildman–Crippen LogP) is 2.11. The Balaban J connectivity index is 3.25. The first-order valence-corrected chi connectivity index (χ1v) is 6.08. The van der Waals surface area contributed by atoms with Crippen molar-refractivity contribution in [2.45, 2.75) is 26.7 Å². The number of halogens is 1. The SMILES string of the molecule is CCCO[Si](CCl)OCCC. The monoisotopic (exact) mass is 195 g/mol. The van der Waals surface area contributed by atoms with E-state index in [4.69, 9.17) is 20.5 Å². The zero-order valence-corrected chi connectivity index (χ0v) is 8.99. The highest BCUT2D eigenvalue weighted by Gasteiger charge is 2.12. The van der Waals surface area contributed by atoms with Crippen LogP contribution in [0.1, 0.15) is 26.7 Å². The first-order chi connectivity index (χ1) is 5.35. The summed E-state index contributed by atoms with van der Waals surface area (Å²) in [4.78, 5) is 0. The van der Waals surface area contributed by atoms with Crippen LogP contribution in [0.5, 0.6) is 0 Å². The maximum atomic E-state index is 5.63. The maximum absolute atomic E-state index is 5.63. The molecule has 0 rings (SSSR count). The van der Waals surface area contributed by atoms with Gasteiger partial charge in [0.15, 0.2) is 0 Å². The average molecular weight is 196 g/mol. The second kappa shape index (κ2) is 8.52. The summed E-state index contributed by atoms with van der Waals surface area (Å²) in [5.74, 6) is 0. The molecule has 0 heterocycles. The van der Waals surface area contributed by atoms with Crippen LogP contribution in [0.4, 0.5) is 0 Å². The molecule has 0 atom stereocenters. The second-order valence-corrected chi connectivity index (χ2v) is 4.59. The molecule has 0 aliphatic rings. The summed E-state index contributed by atoms with van der Waals surface area (Å²) in [7, 11) is -1.14. The molecule has 0 saturated heterocycles. The zero-order valence-electron chi connectivity index (χ0n) is 7.23. The summed E-state index contributed by atoms with van der Waals surface area (Å²) in [6, 6.07) is 0. The molecular weight excluding hydrogens is 180 g/mol. The molecule has 0 N–H and O–H groups in total. The van der Waals surface area contributed by atoms with Crippen molar-refractivity contribution in [1.82, 2.24) is 0 Å². The summed E-state index contributed by atoms with van der Waals surface area (Å²) >= 11 is 5.63. The van der Waals surface area contributed by atoms with Crippen molar-refractivity contribution < 1.29 is 8.85 Å². The van der Waals surface area contributed by atoms with Crippen LogP contribution >= 0.6 is 11.6 Å². The molecule has 0 saturated carbocycles. The molecule has 0 amide bonds. The number of alkyl halides is 1. The van der Waals surface area contributed by atoms with E-state index in [0.717, 1.165) is 26.1 Å². The number of rotatable bonds is 7. The van der Waals surface area contributed by atoms with Gasteiger partial charge in [-0.3, -0.25) is 0 Å². The van der Waals surface area contributed by atoms with Crippen molar-refractivity contribution in [1.29, 1.82) is 0 Å². The van der Waals surface area contributed by atoms with Gasteiger partial charge in [-0.15, -0.1) is 11.6 Å². The molecule has 0 aliphatic heterocycles. The molecule has 1 radical (unpaired) electrons. The predicted molar refractivity (Wildman–Crippen MR) is 49.0 cm³/mol. The minimum atomic E-state index is -1.14. The molecule has 0 aromatic carbocycles. The van der Waals surface area contributed by atoms with Crippen LogP contribution in [-0.4, -0.2) is 28.0 Å². The van der Waals surface area contributed by atoms with Crippen LogP contribution in [0.3, 0.4) is 0 Å². The molecule has 0 aliphatic carbocycles. The fourth-order valence-electron chi connectivity index (χ4n) is 0.551. The largest absolute Gasteiger partial charge is 0.400 e. The highest BCUT2D eigenvalue weighted by molar-refractivity contribution is 6.56. The summed E-state index contributed by atoms with van der Waals surface area (Å²) in [5.41, 5.74) is 0.519. The van der Waals surface area contributed by atoms with E-state index in [9.17, 15) is 0 Å². The van der Waals surface area contributed by atoms with E-state index in [1.54, 1.807) is 0 Å². The van der Waals surface area contributed by atoms with Crippen LogP contribution in [0.25, 0.3) is 0 Å². The van der Waals surface area contributed by atoms with Gasteiger partial charge in [-0.1, -0.05) is 13.8 Å². The molecule has 0 fully saturated rings. The van der Waals surface area contributed by atoms with Crippen LogP contribution in [0, 0.1) is 0 Å². The molecule has 0 spiro atoms. The average Bonchev–Trinajstić information content (AvgIpc) is 2.05. The highest BCUT2D eigenvalue weighted by atomic mass is 35.5. The summed E-state index contributed by atoms with van der Waals surface area (Å²) in [5, 5.41) is 0. The van der Waals surface area contributed by atoms with Gasteiger partial charge in [0.1, 0.15) is 0 Å². The van der Waals surface area contributed by atoms with Crippen LogP contribution in [-0.2, 0) is 8.85 Å². The van der Waals surface area contributed by atoms with Crippen molar-refractivity contribution >= 4 is 20.9 Å². The smallest absolute Gasteiger partial charge is 0.393 e. The van der Waals surface area contributed by atoms with Crippen molar-refractivity contribution in [2.24, 2.45) is 0 Å². The quantitative estimate of drug-likeness (QED) is 0.458. The summed E-state index contributed by atoms with van der Waals surface area (Å²) < 4.78 is 10.8. The highest BCUT2D eigenvalue weighted by Crippen LogP contribution is 1.95. The zero-order chi connectivity index (χ0) is 8.53. The van der Waals surface area contributed by atoms with Crippen LogP contribution in [0.2, 0.25) is 0 Å². The second-order valence-electron chi connectivity index (χ2n) is 2.20. The molecule has 4 heteroatoms. The molecule has 0 aromatic rings. The van der Waals surface area contributed by atoms with E-state index in [-0.39, 0.29) is 0 Å². The number of hydrogen-bond donors (Lipinski definition) is 0. The van der Waals surface area contributed by atoms with Gasteiger partial charge in [0.05, 0.1) is 5.50 Å². The fourth-order valence-corrected chi connectivity index (χ4v) is 2.11. The van der Waals surface area contributed by atoms with Gasteiger partial charge >= 0.3 is 9.28 Å². The Morgan fingerprint density at radius 1 is 1.09 bits per heavy atom. The molecule has 0 bridgehead atoms. The maximum Gasteiger partial charge on any atom is 0.400 e. The minimum Gasteiger partial charge on any atom is -0.393 e. The molecule has 67 valence electrons. The Morgan fingerprint density at radius 3 is 1.82 bits per heavy atom. The third kappa shape index (κ3) is 6.81. The van der Waals surface area contributed by atoms with Gasteiger partial charge in [-0.25, -0.2) is 0 Å². The molecule has 2 nitrogen and oxygen atoms in total. The van der Waals surface area contributed by atoms with E-state index in [1.165, 1.54) is 0 Å². The van der Waals surface area contributed by atoms with Crippen LogP contribution in [0.15, 0.2) is 0 Å². The van der Waals surface area contributed by atoms with Gasteiger partial charge in [0.25, 0.3) is 0 Å². The molecule has 0 unspecified atom stereocenters. The molecule has 11 heavy (non-hydrogen) atoms. The van der Waals surface area contributed by atoms with E-state index >= 15 is 0 Å².